The Bertz CT molecular complexity index is 609. The molecule has 0 aliphatic carbocycles. The predicted molar refractivity (Wildman–Crippen MR) is 65.7 cm³/mol. The zero-order chi connectivity index (χ0) is 13.3. The molecular weight excluding hydrogens is 305 g/mol. The van der Waals surface area contributed by atoms with Crippen LogP contribution in [0.25, 0.3) is 11.3 Å². The lowest BCUT2D eigenvalue weighted by atomic mass is 10.1. The number of ether oxygens (including phenoxy) is 1. The number of rotatable bonds is 2. The average molecular weight is 314 g/mol. The van der Waals surface area contributed by atoms with Gasteiger partial charge in [-0.2, -0.15) is 0 Å². The molecule has 0 aliphatic heterocycles. The maximum atomic E-state index is 13.5. The number of aryl methyl sites for hydroxylation is 1. The molecule has 1 heterocycles. The Morgan fingerprint density at radius 1 is 1.50 bits per heavy atom. The van der Waals surface area contributed by atoms with E-state index in [1.807, 2.05) is 0 Å². The van der Waals surface area contributed by atoms with E-state index in [2.05, 4.69) is 25.8 Å². The summed E-state index contributed by atoms with van der Waals surface area (Å²) in [6.07, 6.45) is 0. The van der Waals surface area contributed by atoms with Crippen LogP contribution in [0.1, 0.15) is 16.1 Å². The van der Waals surface area contributed by atoms with Crippen LogP contribution >= 0.6 is 15.9 Å². The lowest BCUT2D eigenvalue weighted by molar-refractivity contribution is 0.0600. The zero-order valence-corrected chi connectivity index (χ0v) is 11.2. The first-order chi connectivity index (χ1) is 8.54. The highest BCUT2D eigenvalue weighted by Crippen LogP contribution is 2.29. The van der Waals surface area contributed by atoms with Crippen molar-refractivity contribution in [2.24, 2.45) is 0 Å². The first-order valence-electron chi connectivity index (χ1n) is 5.04. The van der Waals surface area contributed by atoms with Gasteiger partial charge in [-0.3, -0.25) is 0 Å². The van der Waals surface area contributed by atoms with Crippen LogP contribution in [0, 0.1) is 12.7 Å². The van der Waals surface area contributed by atoms with Gasteiger partial charge in [-0.1, -0.05) is 5.16 Å². The van der Waals surface area contributed by atoms with Crippen LogP contribution in [-0.4, -0.2) is 18.2 Å². The molecule has 94 valence electrons. The topological polar surface area (TPSA) is 52.3 Å². The molecule has 0 unspecified atom stereocenters. The second-order valence-corrected chi connectivity index (χ2v) is 4.45. The minimum Gasteiger partial charge on any atom is -0.465 e. The van der Waals surface area contributed by atoms with Crippen molar-refractivity contribution < 1.29 is 18.4 Å². The highest BCUT2D eigenvalue weighted by molar-refractivity contribution is 9.10. The Morgan fingerprint density at radius 2 is 2.22 bits per heavy atom. The van der Waals surface area contributed by atoms with Crippen molar-refractivity contribution in [1.29, 1.82) is 0 Å². The molecule has 0 amide bonds. The van der Waals surface area contributed by atoms with Crippen molar-refractivity contribution >= 4 is 21.9 Å². The average Bonchev–Trinajstić information content (AvgIpc) is 2.74. The van der Waals surface area contributed by atoms with E-state index in [1.54, 1.807) is 13.0 Å². The van der Waals surface area contributed by atoms with Crippen molar-refractivity contribution in [3.05, 3.63) is 39.7 Å². The molecule has 0 aliphatic rings. The molecule has 2 rings (SSSR count). The first-order valence-corrected chi connectivity index (χ1v) is 5.84. The van der Waals surface area contributed by atoms with Gasteiger partial charge in [-0.25, -0.2) is 9.18 Å². The largest absolute Gasteiger partial charge is 0.465 e. The van der Waals surface area contributed by atoms with Crippen LogP contribution in [0.3, 0.4) is 0 Å². The number of carbonyl (C=O) groups is 1. The number of halogens is 2. The third-order valence-electron chi connectivity index (χ3n) is 2.43. The van der Waals surface area contributed by atoms with E-state index in [4.69, 9.17) is 4.52 Å². The Hall–Kier alpha value is -1.69. The summed E-state index contributed by atoms with van der Waals surface area (Å²) < 4.78 is 23.5. The van der Waals surface area contributed by atoms with Crippen molar-refractivity contribution in [2.75, 3.05) is 7.11 Å². The molecule has 0 N–H and O–H groups in total. The van der Waals surface area contributed by atoms with Crippen LogP contribution in [0.4, 0.5) is 4.39 Å². The SMILES string of the molecule is COC(=O)c1c(C)noc1-c1ccc(Br)c(F)c1. The number of hydrogen-bond donors (Lipinski definition) is 0. The van der Waals surface area contributed by atoms with Gasteiger partial charge in [0.1, 0.15) is 11.4 Å². The number of hydrogen-bond acceptors (Lipinski definition) is 4. The quantitative estimate of drug-likeness (QED) is 0.798. The summed E-state index contributed by atoms with van der Waals surface area (Å²) in [6, 6.07) is 4.42. The molecule has 2 aromatic rings. The van der Waals surface area contributed by atoms with Crippen LogP contribution in [0.5, 0.6) is 0 Å². The Labute approximate surface area is 111 Å². The number of nitrogens with zero attached hydrogens (tertiary/aromatic N) is 1. The molecule has 0 radical (unpaired) electrons. The fraction of sp³-hybridized carbons (Fsp3) is 0.167. The third kappa shape index (κ3) is 2.15. The van der Waals surface area contributed by atoms with E-state index < -0.39 is 11.8 Å². The van der Waals surface area contributed by atoms with Crippen LogP contribution in [0.2, 0.25) is 0 Å². The van der Waals surface area contributed by atoms with Gasteiger partial charge in [-0.05, 0) is 41.1 Å². The van der Waals surface area contributed by atoms with Gasteiger partial charge in [0.2, 0.25) is 0 Å². The lowest BCUT2D eigenvalue weighted by Crippen LogP contribution is -2.03. The van der Waals surface area contributed by atoms with Crippen molar-refractivity contribution in [3.63, 3.8) is 0 Å². The summed E-state index contributed by atoms with van der Waals surface area (Å²) in [6.45, 7) is 1.62. The van der Waals surface area contributed by atoms with Gasteiger partial charge in [0.25, 0.3) is 0 Å². The van der Waals surface area contributed by atoms with E-state index in [-0.39, 0.29) is 11.3 Å². The normalized spacial score (nSPS) is 10.4. The summed E-state index contributed by atoms with van der Waals surface area (Å²) in [5.74, 6) is -0.810. The van der Waals surface area contributed by atoms with Gasteiger partial charge >= 0.3 is 5.97 Å². The van der Waals surface area contributed by atoms with Gasteiger partial charge in [-0.15, -0.1) is 0 Å². The third-order valence-corrected chi connectivity index (χ3v) is 3.08. The number of esters is 1. The Morgan fingerprint density at radius 3 is 2.83 bits per heavy atom. The van der Waals surface area contributed by atoms with Gasteiger partial charge < -0.3 is 9.26 Å². The molecule has 1 aromatic heterocycles. The standard InChI is InChI=1S/C12H9BrFNO3/c1-6-10(12(16)17-2)11(18-15-6)7-3-4-8(13)9(14)5-7/h3-5H,1-2H3. The highest BCUT2D eigenvalue weighted by atomic mass is 79.9. The highest BCUT2D eigenvalue weighted by Gasteiger charge is 2.22. The summed E-state index contributed by atoms with van der Waals surface area (Å²) in [5, 5.41) is 3.70. The molecule has 0 fully saturated rings. The predicted octanol–water partition coefficient (Wildman–Crippen LogP) is 3.34. The van der Waals surface area contributed by atoms with E-state index in [0.29, 0.717) is 15.7 Å². The fourth-order valence-corrected chi connectivity index (χ4v) is 1.79. The van der Waals surface area contributed by atoms with E-state index >= 15 is 0 Å². The molecule has 18 heavy (non-hydrogen) atoms. The number of methoxy groups -OCH3 is 1. The molecular formula is C12H9BrFNO3. The number of benzene rings is 1. The molecule has 0 bridgehead atoms. The van der Waals surface area contributed by atoms with Gasteiger partial charge in [0.15, 0.2) is 5.76 Å². The maximum absolute atomic E-state index is 13.5. The second kappa shape index (κ2) is 4.89. The molecule has 4 nitrogen and oxygen atoms in total. The Balaban J connectivity index is 2.57. The molecule has 1 aromatic carbocycles. The first kappa shape index (κ1) is 12.8. The maximum Gasteiger partial charge on any atom is 0.343 e. The van der Waals surface area contributed by atoms with Crippen LogP contribution in [0.15, 0.2) is 27.2 Å². The molecule has 0 saturated carbocycles. The lowest BCUT2D eigenvalue weighted by Gasteiger charge is -2.02. The van der Waals surface area contributed by atoms with Crippen molar-refractivity contribution in [1.82, 2.24) is 5.16 Å². The van der Waals surface area contributed by atoms with Gasteiger partial charge in [0.05, 0.1) is 17.3 Å². The van der Waals surface area contributed by atoms with Crippen LogP contribution < -0.4 is 0 Å². The number of aromatic nitrogens is 1. The molecule has 0 spiro atoms. The molecule has 0 atom stereocenters. The van der Waals surface area contributed by atoms with Crippen molar-refractivity contribution in [2.45, 2.75) is 6.92 Å². The summed E-state index contributed by atoms with van der Waals surface area (Å²) in [5.41, 5.74) is 1.04. The van der Waals surface area contributed by atoms with E-state index in [1.165, 1.54) is 19.2 Å². The molecule has 6 heteroatoms. The van der Waals surface area contributed by atoms with E-state index in [0.717, 1.165) is 0 Å². The minimum absolute atomic E-state index is 0.200. The zero-order valence-electron chi connectivity index (χ0n) is 9.66. The monoisotopic (exact) mass is 313 g/mol. The fourth-order valence-electron chi connectivity index (χ4n) is 1.55. The van der Waals surface area contributed by atoms with Gasteiger partial charge in [0, 0.05) is 5.56 Å². The smallest absolute Gasteiger partial charge is 0.343 e. The summed E-state index contributed by atoms with van der Waals surface area (Å²) in [7, 11) is 1.26. The Kier molecular flexibility index (Phi) is 3.47. The number of carbonyl (C=O) groups excluding carboxylic acids is 1. The van der Waals surface area contributed by atoms with Crippen molar-refractivity contribution in [3.8, 4) is 11.3 Å². The summed E-state index contributed by atoms with van der Waals surface area (Å²) >= 11 is 3.06. The molecule has 0 saturated heterocycles. The second-order valence-electron chi connectivity index (χ2n) is 3.59. The van der Waals surface area contributed by atoms with Crippen LogP contribution in [-0.2, 0) is 4.74 Å². The van der Waals surface area contributed by atoms with E-state index in [9.17, 15) is 9.18 Å². The summed E-state index contributed by atoms with van der Waals surface area (Å²) in [4.78, 5) is 11.6. The minimum atomic E-state index is -0.563.